The predicted octanol–water partition coefficient (Wildman–Crippen LogP) is 1.65. The van der Waals surface area contributed by atoms with E-state index >= 15 is 0 Å². The van der Waals surface area contributed by atoms with E-state index in [0.717, 1.165) is 25.2 Å². The summed E-state index contributed by atoms with van der Waals surface area (Å²) in [6.45, 7) is 4.23. The van der Waals surface area contributed by atoms with Crippen molar-refractivity contribution in [3.63, 3.8) is 0 Å². The number of fused-ring (bicyclic) bond motifs is 1. The third-order valence-corrected chi connectivity index (χ3v) is 4.95. The average Bonchev–Trinajstić information content (AvgIpc) is 2.84. The number of amides is 1. The van der Waals surface area contributed by atoms with Crippen molar-refractivity contribution in [3.05, 3.63) is 24.0 Å². The highest BCUT2D eigenvalue weighted by Gasteiger charge is 2.45. The molecule has 1 N–H and O–H groups in total. The quantitative estimate of drug-likeness (QED) is 0.877. The Morgan fingerprint density at radius 1 is 1.37 bits per heavy atom. The van der Waals surface area contributed by atoms with E-state index in [4.69, 9.17) is 0 Å². The molecule has 0 bridgehead atoms. The highest BCUT2D eigenvalue weighted by molar-refractivity contribution is 5.93. The van der Waals surface area contributed by atoms with Crippen LogP contribution in [0.15, 0.2) is 18.3 Å². The Morgan fingerprint density at radius 3 is 3.00 bits per heavy atom. The van der Waals surface area contributed by atoms with Crippen molar-refractivity contribution in [1.82, 2.24) is 14.8 Å². The zero-order valence-corrected chi connectivity index (χ0v) is 11.4. The summed E-state index contributed by atoms with van der Waals surface area (Å²) in [5.74, 6) is 0.892. The second kappa shape index (κ2) is 4.10. The molecule has 1 aliphatic carbocycles. The molecule has 0 spiro atoms. The zero-order chi connectivity index (χ0) is 13.0. The van der Waals surface area contributed by atoms with Gasteiger partial charge in [-0.1, -0.05) is 0 Å². The molecule has 3 heterocycles. The summed E-state index contributed by atoms with van der Waals surface area (Å²) in [6.07, 6.45) is 5.65. The number of aromatic nitrogens is 1. The fraction of sp³-hybridized carbons (Fsp3) is 0.667. The smallest absolute Gasteiger partial charge is 0.271 e. The maximum atomic E-state index is 12.9. The SMILES string of the molecule is CC1CC2CNCC2N1C(=O)c1cccn1C1CC1. The van der Waals surface area contributed by atoms with Crippen LogP contribution >= 0.6 is 0 Å². The highest BCUT2D eigenvalue weighted by Crippen LogP contribution is 2.38. The van der Waals surface area contributed by atoms with Gasteiger partial charge in [-0.3, -0.25) is 4.79 Å². The van der Waals surface area contributed by atoms with Crippen molar-refractivity contribution < 1.29 is 4.79 Å². The fourth-order valence-electron chi connectivity index (χ4n) is 3.89. The van der Waals surface area contributed by atoms with E-state index in [0.29, 0.717) is 24.0 Å². The van der Waals surface area contributed by atoms with Gasteiger partial charge in [0.2, 0.25) is 0 Å². The van der Waals surface area contributed by atoms with Crippen LogP contribution in [-0.4, -0.2) is 40.5 Å². The van der Waals surface area contributed by atoms with Gasteiger partial charge in [0.05, 0.1) is 0 Å². The molecule has 3 fully saturated rings. The number of nitrogens with zero attached hydrogens (tertiary/aromatic N) is 2. The Hall–Kier alpha value is -1.29. The van der Waals surface area contributed by atoms with Crippen LogP contribution in [0.2, 0.25) is 0 Å². The Balaban J connectivity index is 1.64. The summed E-state index contributed by atoms with van der Waals surface area (Å²) >= 11 is 0. The number of rotatable bonds is 2. The number of hydrogen-bond acceptors (Lipinski definition) is 2. The maximum Gasteiger partial charge on any atom is 0.271 e. The first-order valence-electron chi connectivity index (χ1n) is 7.46. The second-order valence-corrected chi connectivity index (χ2v) is 6.31. The van der Waals surface area contributed by atoms with Crippen molar-refractivity contribution in [2.24, 2.45) is 5.92 Å². The van der Waals surface area contributed by atoms with Crippen LogP contribution in [0.4, 0.5) is 0 Å². The van der Waals surface area contributed by atoms with Gasteiger partial charge in [0.15, 0.2) is 0 Å². The molecule has 4 heteroatoms. The van der Waals surface area contributed by atoms with Gasteiger partial charge in [-0.2, -0.15) is 0 Å². The summed E-state index contributed by atoms with van der Waals surface area (Å²) in [4.78, 5) is 15.0. The first kappa shape index (κ1) is 11.5. The summed E-state index contributed by atoms with van der Waals surface area (Å²) in [5, 5.41) is 3.42. The van der Waals surface area contributed by atoms with Gasteiger partial charge in [-0.25, -0.2) is 0 Å². The summed E-state index contributed by atoms with van der Waals surface area (Å²) in [5.41, 5.74) is 0.891. The van der Waals surface area contributed by atoms with Gasteiger partial charge in [-0.05, 0) is 44.2 Å². The van der Waals surface area contributed by atoms with Crippen LogP contribution < -0.4 is 5.32 Å². The molecule has 1 aromatic heterocycles. The van der Waals surface area contributed by atoms with E-state index in [1.165, 1.54) is 12.8 Å². The second-order valence-electron chi connectivity index (χ2n) is 6.31. The molecule has 102 valence electrons. The molecule has 4 rings (SSSR count). The minimum atomic E-state index is 0.237. The molecule has 1 amide bonds. The van der Waals surface area contributed by atoms with E-state index < -0.39 is 0 Å². The number of nitrogens with one attached hydrogen (secondary N) is 1. The van der Waals surface area contributed by atoms with Gasteiger partial charge in [0.25, 0.3) is 5.91 Å². The molecule has 3 unspecified atom stereocenters. The van der Waals surface area contributed by atoms with Gasteiger partial charge in [0.1, 0.15) is 5.69 Å². The molecule has 1 saturated carbocycles. The molecular formula is C15H21N3O. The molecule has 19 heavy (non-hydrogen) atoms. The largest absolute Gasteiger partial charge is 0.340 e. The minimum absolute atomic E-state index is 0.237. The van der Waals surface area contributed by atoms with Crippen LogP contribution in [0, 0.1) is 5.92 Å². The normalized spacial score (nSPS) is 33.7. The molecule has 4 nitrogen and oxygen atoms in total. The number of carbonyl (C=O) groups is 1. The van der Waals surface area contributed by atoms with E-state index in [1.807, 2.05) is 12.1 Å². The highest BCUT2D eigenvalue weighted by atomic mass is 16.2. The van der Waals surface area contributed by atoms with Gasteiger partial charge in [-0.15, -0.1) is 0 Å². The van der Waals surface area contributed by atoms with Gasteiger partial charge >= 0.3 is 0 Å². The number of hydrogen-bond donors (Lipinski definition) is 1. The fourth-order valence-corrected chi connectivity index (χ4v) is 3.89. The van der Waals surface area contributed by atoms with Gasteiger partial charge in [0, 0.05) is 37.4 Å². The number of likely N-dealkylation sites (tertiary alicyclic amines) is 1. The van der Waals surface area contributed by atoms with Crippen LogP contribution in [0.3, 0.4) is 0 Å². The summed E-state index contributed by atoms with van der Waals surface area (Å²) in [7, 11) is 0. The van der Waals surface area contributed by atoms with Crippen molar-refractivity contribution in [3.8, 4) is 0 Å². The lowest BCUT2D eigenvalue weighted by molar-refractivity contribution is 0.0670. The van der Waals surface area contributed by atoms with Crippen molar-refractivity contribution in [2.75, 3.05) is 13.1 Å². The van der Waals surface area contributed by atoms with Crippen molar-refractivity contribution >= 4 is 5.91 Å². The monoisotopic (exact) mass is 259 g/mol. The lowest BCUT2D eigenvalue weighted by atomic mass is 10.0. The number of carbonyl (C=O) groups excluding carboxylic acids is 1. The van der Waals surface area contributed by atoms with Crippen LogP contribution in [0.5, 0.6) is 0 Å². The Labute approximate surface area is 113 Å². The molecule has 1 aromatic rings. The van der Waals surface area contributed by atoms with E-state index in [9.17, 15) is 4.79 Å². The standard InChI is InChI=1S/C15H21N3O/c1-10-7-11-8-16-9-14(11)18(10)15(19)13-3-2-6-17(13)12-4-5-12/h2-3,6,10-12,14,16H,4-5,7-9H2,1H3. The topological polar surface area (TPSA) is 37.3 Å². The summed E-state index contributed by atoms with van der Waals surface area (Å²) < 4.78 is 2.19. The first-order valence-corrected chi connectivity index (χ1v) is 7.46. The predicted molar refractivity (Wildman–Crippen MR) is 73.1 cm³/mol. The third-order valence-electron chi connectivity index (χ3n) is 4.95. The molecular weight excluding hydrogens is 238 g/mol. The molecule has 3 atom stereocenters. The maximum absolute atomic E-state index is 12.9. The molecule has 0 radical (unpaired) electrons. The summed E-state index contributed by atoms with van der Waals surface area (Å²) in [6, 6.07) is 5.36. The van der Waals surface area contributed by atoms with Crippen molar-refractivity contribution in [2.45, 2.75) is 44.3 Å². The van der Waals surface area contributed by atoms with Crippen LogP contribution in [0.1, 0.15) is 42.7 Å². The molecule has 2 saturated heterocycles. The average molecular weight is 259 g/mol. The molecule has 2 aliphatic heterocycles. The zero-order valence-electron chi connectivity index (χ0n) is 11.4. The van der Waals surface area contributed by atoms with Crippen LogP contribution in [0.25, 0.3) is 0 Å². The lowest BCUT2D eigenvalue weighted by Gasteiger charge is -2.28. The van der Waals surface area contributed by atoms with Gasteiger partial charge < -0.3 is 14.8 Å². The lowest BCUT2D eigenvalue weighted by Crippen LogP contribution is -2.43. The van der Waals surface area contributed by atoms with Crippen LogP contribution in [-0.2, 0) is 0 Å². The molecule has 0 aromatic carbocycles. The Morgan fingerprint density at radius 2 is 2.21 bits per heavy atom. The minimum Gasteiger partial charge on any atom is -0.340 e. The first-order chi connectivity index (χ1) is 9.25. The third kappa shape index (κ3) is 1.73. The molecule has 3 aliphatic rings. The van der Waals surface area contributed by atoms with E-state index in [-0.39, 0.29) is 5.91 Å². The Kier molecular flexibility index (Phi) is 2.49. The van der Waals surface area contributed by atoms with Crippen molar-refractivity contribution in [1.29, 1.82) is 0 Å². The van der Waals surface area contributed by atoms with E-state index in [1.54, 1.807) is 0 Å². The Bertz CT molecular complexity index is 505. The van der Waals surface area contributed by atoms with E-state index in [2.05, 4.69) is 27.9 Å².